The van der Waals surface area contributed by atoms with Gasteiger partial charge in [0.05, 0.1) is 0 Å². The first-order valence-corrected chi connectivity index (χ1v) is 5.98. The standard InChI is InChI=1S/C12H19NO5/c1-2-5-18-12(16)13-10(11(14)15)8-9-3-6-17-7-4-9/h2,9-10H,1,3-8H2,(H,13,16)(H,14,15). The van der Waals surface area contributed by atoms with Crippen LogP contribution < -0.4 is 5.32 Å². The van der Waals surface area contributed by atoms with E-state index in [1.807, 2.05) is 0 Å². The molecule has 1 aliphatic rings. The van der Waals surface area contributed by atoms with Gasteiger partial charge in [0.2, 0.25) is 0 Å². The van der Waals surface area contributed by atoms with Gasteiger partial charge in [0.15, 0.2) is 0 Å². The first kappa shape index (κ1) is 14.5. The maximum Gasteiger partial charge on any atom is 0.408 e. The van der Waals surface area contributed by atoms with Crippen LogP contribution in [-0.4, -0.2) is 43.0 Å². The van der Waals surface area contributed by atoms with Crippen LogP contribution in [0.5, 0.6) is 0 Å². The van der Waals surface area contributed by atoms with Gasteiger partial charge in [-0.3, -0.25) is 0 Å². The van der Waals surface area contributed by atoms with Crippen LogP contribution in [0.15, 0.2) is 12.7 Å². The van der Waals surface area contributed by atoms with E-state index in [0.717, 1.165) is 12.8 Å². The van der Waals surface area contributed by atoms with E-state index >= 15 is 0 Å². The second kappa shape index (κ2) is 7.71. The van der Waals surface area contributed by atoms with Crippen LogP contribution in [-0.2, 0) is 14.3 Å². The molecule has 2 N–H and O–H groups in total. The van der Waals surface area contributed by atoms with Crippen molar-refractivity contribution in [1.29, 1.82) is 0 Å². The van der Waals surface area contributed by atoms with Crippen molar-refractivity contribution in [3.63, 3.8) is 0 Å². The van der Waals surface area contributed by atoms with Crippen LogP contribution in [0.25, 0.3) is 0 Å². The third kappa shape index (κ3) is 5.18. The fourth-order valence-electron chi connectivity index (χ4n) is 1.86. The SMILES string of the molecule is C=CCOC(=O)NC(CC1CCOCC1)C(=O)O. The summed E-state index contributed by atoms with van der Waals surface area (Å²) in [4.78, 5) is 22.4. The van der Waals surface area contributed by atoms with E-state index in [-0.39, 0.29) is 12.5 Å². The van der Waals surface area contributed by atoms with Crippen molar-refractivity contribution in [2.45, 2.75) is 25.3 Å². The molecule has 1 heterocycles. The maximum absolute atomic E-state index is 11.3. The fraction of sp³-hybridized carbons (Fsp3) is 0.667. The van der Waals surface area contributed by atoms with Crippen LogP contribution >= 0.6 is 0 Å². The first-order chi connectivity index (χ1) is 8.63. The lowest BCUT2D eigenvalue weighted by atomic mass is 9.92. The van der Waals surface area contributed by atoms with Crippen LogP contribution in [0.3, 0.4) is 0 Å². The Labute approximate surface area is 106 Å². The molecular weight excluding hydrogens is 238 g/mol. The minimum atomic E-state index is -1.04. The highest BCUT2D eigenvalue weighted by Crippen LogP contribution is 2.20. The van der Waals surface area contributed by atoms with E-state index < -0.39 is 18.1 Å². The third-order valence-corrected chi connectivity index (χ3v) is 2.83. The van der Waals surface area contributed by atoms with Gasteiger partial charge in [0, 0.05) is 13.2 Å². The Morgan fingerprint density at radius 1 is 1.50 bits per heavy atom. The lowest BCUT2D eigenvalue weighted by molar-refractivity contribution is -0.140. The van der Waals surface area contributed by atoms with E-state index in [1.54, 1.807) is 0 Å². The van der Waals surface area contributed by atoms with Crippen LogP contribution in [0, 0.1) is 5.92 Å². The van der Waals surface area contributed by atoms with Gasteiger partial charge in [-0.05, 0) is 25.2 Å². The predicted octanol–water partition coefficient (Wildman–Crippen LogP) is 1.17. The average molecular weight is 257 g/mol. The molecule has 0 spiro atoms. The average Bonchev–Trinajstić information content (AvgIpc) is 2.36. The molecule has 1 rings (SSSR count). The number of alkyl carbamates (subject to hydrolysis) is 1. The molecule has 6 heteroatoms. The number of rotatable bonds is 6. The Morgan fingerprint density at radius 3 is 2.72 bits per heavy atom. The molecule has 0 aromatic heterocycles. The number of hydrogen-bond donors (Lipinski definition) is 2. The highest BCUT2D eigenvalue weighted by atomic mass is 16.5. The Kier molecular flexibility index (Phi) is 6.21. The second-order valence-corrected chi connectivity index (χ2v) is 4.21. The van der Waals surface area contributed by atoms with E-state index in [1.165, 1.54) is 6.08 Å². The molecule has 1 amide bonds. The number of ether oxygens (including phenoxy) is 2. The molecule has 1 fully saturated rings. The minimum absolute atomic E-state index is 0.0649. The van der Waals surface area contributed by atoms with Gasteiger partial charge >= 0.3 is 12.1 Å². The summed E-state index contributed by atoms with van der Waals surface area (Å²) < 4.78 is 9.91. The Bertz CT molecular complexity index is 299. The molecule has 0 aliphatic carbocycles. The zero-order valence-corrected chi connectivity index (χ0v) is 10.3. The molecule has 1 unspecified atom stereocenters. The van der Waals surface area contributed by atoms with Crippen molar-refractivity contribution >= 4 is 12.1 Å². The van der Waals surface area contributed by atoms with Crippen molar-refractivity contribution in [2.75, 3.05) is 19.8 Å². The number of nitrogens with one attached hydrogen (secondary N) is 1. The van der Waals surface area contributed by atoms with Gasteiger partial charge in [0.25, 0.3) is 0 Å². The van der Waals surface area contributed by atoms with E-state index in [9.17, 15) is 9.59 Å². The predicted molar refractivity (Wildman–Crippen MR) is 64.3 cm³/mol. The van der Waals surface area contributed by atoms with Gasteiger partial charge in [-0.1, -0.05) is 12.7 Å². The van der Waals surface area contributed by atoms with Gasteiger partial charge in [0.1, 0.15) is 12.6 Å². The number of carboxylic acid groups (broad SMARTS) is 1. The molecule has 1 atom stereocenters. The summed E-state index contributed by atoms with van der Waals surface area (Å²) in [6.45, 7) is 4.77. The van der Waals surface area contributed by atoms with Crippen LogP contribution in [0.2, 0.25) is 0 Å². The molecule has 1 saturated heterocycles. The maximum atomic E-state index is 11.3. The summed E-state index contributed by atoms with van der Waals surface area (Å²) in [5.41, 5.74) is 0. The number of aliphatic carboxylic acids is 1. The number of carbonyl (C=O) groups is 2. The van der Waals surface area contributed by atoms with Crippen molar-refractivity contribution in [3.05, 3.63) is 12.7 Å². The Balaban J connectivity index is 2.40. The fourth-order valence-corrected chi connectivity index (χ4v) is 1.86. The number of amides is 1. The quantitative estimate of drug-likeness (QED) is 0.698. The highest BCUT2D eigenvalue weighted by Gasteiger charge is 2.26. The molecule has 0 radical (unpaired) electrons. The van der Waals surface area contributed by atoms with E-state index in [0.29, 0.717) is 19.6 Å². The monoisotopic (exact) mass is 257 g/mol. The zero-order chi connectivity index (χ0) is 13.4. The van der Waals surface area contributed by atoms with Crippen molar-refractivity contribution < 1.29 is 24.2 Å². The summed E-state index contributed by atoms with van der Waals surface area (Å²) >= 11 is 0. The van der Waals surface area contributed by atoms with E-state index in [4.69, 9.17) is 14.6 Å². The normalized spacial score (nSPS) is 17.8. The summed E-state index contributed by atoms with van der Waals surface area (Å²) in [7, 11) is 0. The van der Waals surface area contributed by atoms with Gasteiger partial charge in [-0.25, -0.2) is 9.59 Å². The molecule has 0 aromatic rings. The molecule has 18 heavy (non-hydrogen) atoms. The van der Waals surface area contributed by atoms with Crippen molar-refractivity contribution in [1.82, 2.24) is 5.32 Å². The van der Waals surface area contributed by atoms with Gasteiger partial charge < -0.3 is 19.9 Å². The number of carboxylic acids is 1. The molecular formula is C12H19NO5. The van der Waals surface area contributed by atoms with Crippen LogP contribution in [0.1, 0.15) is 19.3 Å². The number of hydrogen-bond acceptors (Lipinski definition) is 4. The van der Waals surface area contributed by atoms with Gasteiger partial charge in [-0.2, -0.15) is 0 Å². The summed E-state index contributed by atoms with van der Waals surface area (Å²) in [6.07, 6.45) is 2.75. The minimum Gasteiger partial charge on any atom is -0.480 e. The third-order valence-electron chi connectivity index (χ3n) is 2.83. The molecule has 1 aliphatic heterocycles. The molecule has 0 bridgehead atoms. The molecule has 0 saturated carbocycles. The summed E-state index contributed by atoms with van der Waals surface area (Å²) in [5, 5.41) is 11.4. The summed E-state index contributed by atoms with van der Waals surface area (Å²) in [6, 6.07) is -0.912. The van der Waals surface area contributed by atoms with Crippen molar-refractivity contribution in [3.8, 4) is 0 Å². The number of carbonyl (C=O) groups excluding carboxylic acids is 1. The van der Waals surface area contributed by atoms with Crippen molar-refractivity contribution in [2.24, 2.45) is 5.92 Å². The zero-order valence-electron chi connectivity index (χ0n) is 10.3. The molecule has 6 nitrogen and oxygen atoms in total. The lowest BCUT2D eigenvalue weighted by Crippen LogP contribution is -2.42. The topological polar surface area (TPSA) is 84.9 Å². The molecule has 0 aromatic carbocycles. The lowest BCUT2D eigenvalue weighted by Gasteiger charge is -2.25. The summed E-state index contributed by atoms with van der Waals surface area (Å²) in [5.74, 6) is -0.781. The highest BCUT2D eigenvalue weighted by molar-refractivity contribution is 5.79. The van der Waals surface area contributed by atoms with Crippen LogP contribution in [0.4, 0.5) is 4.79 Å². The van der Waals surface area contributed by atoms with Gasteiger partial charge in [-0.15, -0.1) is 0 Å². The molecule has 102 valence electrons. The van der Waals surface area contributed by atoms with E-state index in [2.05, 4.69) is 11.9 Å². The Hall–Kier alpha value is -1.56. The Morgan fingerprint density at radius 2 is 2.17 bits per heavy atom. The first-order valence-electron chi connectivity index (χ1n) is 5.98. The largest absolute Gasteiger partial charge is 0.480 e. The second-order valence-electron chi connectivity index (χ2n) is 4.21. The smallest absolute Gasteiger partial charge is 0.408 e.